The van der Waals surface area contributed by atoms with Crippen molar-refractivity contribution in [2.45, 2.75) is 13.3 Å². The lowest BCUT2D eigenvalue weighted by molar-refractivity contribution is -0.133. The van der Waals surface area contributed by atoms with E-state index in [-0.39, 0.29) is 24.8 Å². The molecule has 7 nitrogen and oxygen atoms in total. The van der Waals surface area contributed by atoms with Crippen LogP contribution in [0.2, 0.25) is 0 Å². The second-order valence-electron chi connectivity index (χ2n) is 5.96. The summed E-state index contributed by atoms with van der Waals surface area (Å²) in [5.41, 5.74) is 1.77. The standard InChI is InChI=1S/C20H21N3O4/c1-3-23(13-19(24)21-15-9-5-7-11-18(15)26-2)20(25)12-16-14-8-4-6-10-17(14)27-22-16/h4-11H,3,12-13H2,1-2H3,(H,21,24). The number of hydrogen-bond acceptors (Lipinski definition) is 5. The van der Waals surface area contributed by atoms with Crippen molar-refractivity contribution < 1.29 is 18.8 Å². The van der Waals surface area contributed by atoms with Crippen LogP contribution in [0.4, 0.5) is 5.69 Å². The van der Waals surface area contributed by atoms with Crippen molar-refractivity contribution in [2.24, 2.45) is 0 Å². The number of para-hydroxylation sites is 3. The van der Waals surface area contributed by atoms with Crippen LogP contribution < -0.4 is 10.1 Å². The first-order valence-electron chi connectivity index (χ1n) is 8.66. The molecule has 140 valence electrons. The summed E-state index contributed by atoms with van der Waals surface area (Å²) >= 11 is 0. The summed E-state index contributed by atoms with van der Waals surface area (Å²) in [7, 11) is 1.54. The first-order valence-corrected chi connectivity index (χ1v) is 8.66. The minimum atomic E-state index is -0.292. The Kier molecular flexibility index (Phi) is 5.71. The molecule has 2 aromatic carbocycles. The second-order valence-corrected chi connectivity index (χ2v) is 5.96. The van der Waals surface area contributed by atoms with Gasteiger partial charge in [0.05, 0.1) is 25.8 Å². The average molecular weight is 367 g/mol. The number of amides is 2. The van der Waals surface area contributed by atoms with E-state index in [0.717, 1.165) is 5.39 Å². The first-order chi connectivity index (χ1) is 13.1. The van der Waals surface area contributed by atoms with Crippen molar-refractivity contribution in [3.8, 4) is 5.75 Å². The molecule has 0 aliphatic rings. The number of aromatic nitrogens is 1. The van der Waals surface area contributed by atoms with Crippen LogP contribution in [0.15, 0.2) is 53.1 Å². The third-order valence-electron chi connectivity index (χ3n) is 4.22. The Bertz CT molecular complexity index is 951. The van der Waals surface area contributed by atoms with E-state index in [0.29, 0.717) is 29.3 Å². The number of ether oxygens (including phenoxy) is 1. The Morgan fingerprint density at radius 2 is 1.89 bits per heavy atom. The smallest absolute Gasteiger partial charge is 0.244 e. The third-order valence-corrected chi connectivity index (χ3v) is 4.22. The molecule has 0 aliphatic carbocycles. The first kappa shape index (κ1) is 18.4. The average Bonchev–Trinajstić information content (AvgIpc) is 3.09. The van der Waals surface area contributed by atoms with Gasteiger partial charge in [-0.15, -0.1) is 0 Å². The van der Waals surface area contributed by atoms with Crippen LogP contribution in [0.5, 0.6) is 5.75 Å². The number of fused-ring (bicyclic) bond motifs is 1. The maximum Gasteiger partial charge on any atom is 0.244 e. The summed E-state index contributed by atoms with van der Waals surface area (Å²) in [5.74, 6) is 0.0840. The summed E-state index contributed by atoms with van der Waals surface area (Å²) in [6.45, 7) is 2.19. The molecule has 2 amide bonds. The van der Waals surface area contributed by atoms with Gasteiger partial charge in [-0.3, -0.25) is 9.59 Å². The van der Waals surface area contributed by atoms with Crippen LogP contribution in [-0.2, 0) is 16.0 Å². The highest BCUT2D eigenvalue weighted by atomic mass is 16.5. The highest BCUT2D eigenvalue weighted by molar-refractivity contribution is 5.96. The molecule has 3 aromatic rings. The number of carbonyl (C=O) groups excluding carboxylic acids is 2. The van der Waals surface area contributed by atoms with Gasteiger partial charge in [0.1, 0.15) is 11.4 Å². The summed E-state index contributed by atoms with van der Waals surface area (Å²) in [4.78, 5) is 26.5. The number of methoxy groups -OCH3 is 1. The number of anilines is 1. The van der Waals surface area contributed by atoms with Gasteiger partial charge >= 0.3 is 0 Å². The van der Waals surface area contributed by atoms with E-state index in [1.54, 1.807) is 24.3 Å². The second kappa shape index (κ2) is 8.35. The van der Waals surface area contributed by atoms with Gasteiger partial charge in [-0.25, -0.2) is 0 Å². The molecule has 27 heavy (non-hydrogen) atoms. The lowest BCUT2D eigenvalue weighted by Crippen LogP contribution is -2.38. The molecule has 0 saturated carbocycles. The highest BCUT2D eigenvalue weighted by Crippen LogP contribution is 2.23. The third kappa shape index (κ3) is 4.25. The molecular weight excluding hydrogens is 346 g/mol. The van der Waals surface area contributed by atoms with Gasteiger partial charge in [-0.05, 0) is 31.2 Å². The predicted molar refractivity (Wildman–Crippen MR) is 102 cm³/mol. The van der Waals surface area contributed by atoms with Gasteiger partial charge in [0.25, 0.3) is 0 Å². The SMILES string of the molecule is CCN(CC(=O)Nc1ccccc1OC)C(=O)Cc1noc2ccccc12. The maximum absolute atomic E-state index is 12.6. The van der Waals surface area contributed by atoms with Gasteiger partial charge in [0, 0.05) is 11.9 Å². The molecule has 7 heteroatoms. The van der Waals surface area contributed by atoms with Crippen molar-refractivity contribution >= 4 is 28.5 Å². The van der Waals surface area contributed by atoms with Gasteiger partial charge in [0.2, 0.25) is 11.8 Å². The molecule has 0 radical (unpaired) electrons. The number of likely N-dealkylation sites (N-methyl/N-ethyl adjacent to an activating group) is 1. The molecule has 0 saturated heterocycles. The molecule has 1 aromatic heterocycles. The zero-order chi connectivity index (χ0) is 19.2. The molecule has 0 spiro atoms. The number of nitrogens with one attached hydrogen (secondary N) is 1. The van der Waals surface area contributed by atoms with E-state index in [4.69, 9.17) is 9.26 Å². The number of rotatable bonds is 7. The van der Waals surface area contributed by atoms with Crippen molar-refractivity contribution in [3.05, 3.63) is 54.2 Å². The van der Waals surface area contributed by atoms with Crippen molar-refractivity contribution in [3.63, 3.8) is 0 Å². The van der Waals surface area contributed by atoms with Crippen LogP contribution in [0, 0.1) is 0 Å². The Balaban J connectivity index is 1.65. The summed E-state index contributed by atoms with van der Waals surface area (Å²) in [6, 6.07) is 14.5. The monoisotopic (exact) mass is 367 g/mol. The Hall–Kier alpha value is -3.35. The zero-order valence-electron chi connectivity index (χ0n) is 15.3. The van der Waals surface area contributed by atoms with Crippen molar-refractivity contribution in [2.75, 3.05) is 25.5 Å². The number of carbonyl (C=O) groups is 2. The molecule has 0 aliphatic heterocycles. The summed E-state index contributed by atoms with van der Waals surface area (Å²) < 4.78 is 10.5. The number of hydrogen-bond donors (Lipinski definition) is 1. The summed E-state index contributed by atoms with van der Waals surface area (Å²) in [5, 5.41) is 7.57. The van der Waals surface area contributed by atoms with Crippen LogP contribution >= 0.6 is 0 Å². The van der Waals surface area contributed by atoms with Crippen LogP contribution in [0.3, 0.4) is 0 Å². The lowest BCUT2D eigenvalue weighted by Gasteiger charge is -2.20. The normalized spacial score (nSPS) is 10.6. The largest absolute Gasteiger partial charge is 0.495 e. The van der Waals surface area contributed by atoms with Crippen LogP contribution in [0.25, 0.3) is 11.0 Å². The fourth-order valence-electron chi connectivity index (χ4n) is 2.81. The molecule has 0 atom stereocenters. The van der Waals surface area contributed by atoms with E-state index in [2.05, 4.69) is 10.5 Å². The Morgan fingerprint density at radius 3 is 2.67 bits per heavy atom. The van der Waals surface area contributed by atoms with Crippen molar-refractivity contribution in [1.29, 1.82) is 0 Å². The molecular formula is C20H21N3O4. The van der Waals surface area contributed by atoms with Crippen molar-refractivity contribution in [1.82, 2.24) is 10.1 Å². The predicted octanol–water partition coefficient (Wildman–Crippen LogP) is 2.87. The van der Waals surface area contributed by atoms with Gasteiger partial charge < -0.3 is 19.5 Å². The van der Waals surface area contributed by atoms with E-state index in [1.165, 1.54) is 12.0 Å². The molecule has 3 rings (SSSR count). The lowest BCUT2D eigenvalue weighted by atomic mass is 10.1. The van der Waals surface area contributed by atoms with Crippen LogP contribution in [0.1, 0.15) is 12.6 Å². The maximum atomic E-state index is 12.6. The summed E-state index contributed by atoms with van der Waals surface area (Å²) in [6.07, 6.45) is 0.0762. The highest BCUT2D eigenvalue weighted by Gasteiger charge is 2.19. The molecule has 0 unspecified atom stereocenters. The Morgan fingerprint density at radius 1 is 1.15 bits per heavy atom. The van der Waals surface area contributed by atoms with E-state index >= 15 is 0 Å². The molecule has 1 N–H and O–H groups in total. The fraction of sp³-hybridized carbons (Fsp3) is 0.250. The minimum Gasteiger partial charge on any atom is -0.495 e. The fourth-order valence-corrected chi connectivity index (χ4v) is 2.81. The minimum absolute atomic E-state index is 0.0524. The number of benzene rings is 2. The van der Waals surface area contributed by atoms with Crippen LogP contribution in [-0.4, -0.2) is 42.1 Å². The van der Waals surface area contributed by atoms with E-state index in [9.17, 15) is 9.59 Å². The zero-order valence-corrected chi connectivity index (χ0v) is 15.3. The molecule has 1 heterocycles. The topological polar surface area (TPSA) is 84.7 Å². The van der Waals surface area contributed by atoms with Gasteiger partial charge in [0.15, 0.2) is 5.58 Å². The van der Waals surface area contributed by atoms with Gasteiger partial charge in [-0.1, -0.05) is 29.4 Å². The molecule has 0 fully saturated rings. The molecule has 0 bridgehead atoms. The Labute approximate surface area is 156 Å². The number of nitrogens with zero attached hydrogens (tertiary/aromatic N) is 2. The van der Waals surface area contributed by atoms with Gasteiger partial charge in [-0.2, -0.15) is 0 Å². The van der Waals surface area contributed by atoms with E-state index < -0.39 is 0 Å². The quantitative estimate of drug-likeness (QED) is 0.694. The van der Waals surface area contributed by atoms with E-state index in [1.807, 2.05) is 31.2 Å².